The van der Waals surface area contributed by atoms with E-state index in [1.54, 1.807) is 10.8 Å². The predicted molar refractivity (Wildman–Crippen MR) is 104 cm³/mol. The Kier molecular flexibility index (Phi) is 10.3. The van der Waals surface area contributed by atoms with Crippen LogP contribution in [0.3, 0.4) is 0 Å². The first kappa shape index (κ1) is 25.1. The molecular weight excluding hydrogens is 433 g/mol. The van der Waals surface area contributed by atoms with E-state index in [0.717, 1.165) is 17.1 Å². The van der Waals surface area contributed by atoms with E-state index in [1.165, 1.54) is 23.6 Å². The van der Waals surface area contributed by atoms with Gasteiger partial charge in [0.05, 0.1) is 17.7 Å². The van der Waals surface area contributed by atoms with E-state index < -0.39 is 18.1 Å². The van der Waals surface area contributed by atoms with Crippen molar-refractivity contribution in [3.63, 3.8) is 0 Å². The number of carboxylic acid groups (broad SMARTS) is 2. The Labute approximate surface area is 173 Å². The van der Waals surface area contributed by atoms with Crippen LogP contribution in [-0.2, 0) is 9.59 Å². The maximum atomic E-state index is 12.1. The van der Waals surface area contributed by atoms with Gasteiger partial charge in [-0.1, -0.05) is 21.6 Å². The summed E-state index contributed by atoms with van der Waals surface area (Å²) < 4.78 is 31.7. The highest BCUT2D eigenvalue weighted by Gasteiger charge is 2.38. The standard InChI is InChI=1S/C15H20N2O3S2.C2HF3O2/c1-10-12(4-5-13(17-10)11-2-3-11)15(20)16-7-9-22-21-8-6-14(18)19;3-2(4,5)1(6)7/h4-5,11H,2-3,6-9H2,1H3,(H,16,20)(H,18,19);(H,6,7). The van der Waals surface area contributed by atoms with Crippen LogP contribution < -0.4 is 5.32 Å². The second-order valence-electron chi connectivity index (χ2n) is 5.99. The summed E-state index contributed by atoms with van der Waals surface area (Å²) in [6.45, 7) is 2.44. The molecule has 7 nitrogen and oxygen atoms in total. The molecule has 1 aromatic heterocycles. The normalized spacial score (nSPS) is 13.2. The fourth-order valence-electron chi connectivity index (χ4n) is 1.98. The van der Waals surface area contributed by atoms with Crippen LogP contribution >= 0.6 is 21.6 Å². The van der Waals surface area contributed by atoms with E-state index in [-0.39, 0.29) is 12.3 Å². The largest absolute Gasteiger partial charge is 0.490 e. The molecule has 0 bridgehead atoms. The number of carbonyl (C=O) groups excluding carboxylic acids is 1. The lowest BCUT2D eigenvalue weighted by Crippen LogP contribution is -2.26. The molecule has 0 aromatic carbocycles. The van der Waals surface area contributed by atoms with Gasteiger partial charge in [-0.25, -0.2) is 4.79 Å². The minimum absolute atomic E-state index is 0.0940. The smallest absolute Gasteiger partial charge is 0.481 e. The number of rotatable bonds is 9. The minimum Gasteiger partial charge on any atom is -0.481 e. The van der Waals surface area contributed by atoms with E-state index in [1.807, 2.05) is 19.1 Å². The average molecular weight is 454 g/mol. The van der Waals surface area contributed by atoms with Gasteiger partial charge in [-0.3, -0.25) is 14.6 Å². The van der Waals surface area contributed by atoms with E-state index in [9.17, 15) is 22.8 Å². The first-order valence-corrected chi connectivity index (χ1v) is 11.0. The fraction of sp³-hybridized carbons (Fsp3) is 0.529. The molecular formula is C17H21F3N2O5S2. The minimum atomic E-state index is -5.08. The lowest BCUT2D eigenvalue weighted by Gasteiger charge is -2.08. The highest BCUT2D eigenvalue weighted by Crippen LogP contribution is 2.39. The van der Waals surface area contributed by atoms with Crippen molar-refractivity contribution >= 4 is 39.4 Å². The van der Waals surface area contributed by atoms with Gasteiger partial charge in [-0.2, -0.15) is 13.2 Å². The number of alkyl halides is 3. The van der Waals surface area contributed by atoms with Crippen molar-refractivity contribution in [1.82, 2.24) is 10.3 Å². The van der Waals surface area contributed by atoms with Crippen LogP contribution in [0.25, 0.3) is 0 Å². The molecule has 1 fully saturated rings. The third-order valence-corrected chi connectivity index (χ3v) is 5.95. The number of aliphatic carboxylic acids is 2. The van der Waals surface area contributed by atoms with Gasteiger partial charge >= 0.3 is 18.1 Å². The van der Waals surface area contributed by atoms with Crippen LogP contribution in [0.1, 0.15) is 46.9 Å². The summed E-state index contributed by atoms with van der Waals surface area (Å²) >= 11 is 0. The number of aryl methyl sites for hydroxylation is 1. The Morgan fingerprint density at radius 1 is 1.17 bits per heavy atom. The summed E-state index contributed by atoms with van der Waals surface area (Å²) in [5.41, 5.74) is 2.51. The first-order valence-electron chi connectivity index (χ1n) is 8.54. The molecule has 162 valence electrons. The first-order chi connectivity index (χ1) is 13.5. The number of halogens is 3. The van der Waals surface area contributed by atoms with Crippen molar-refractivity contribution in [3.05, 3.63) is 29.1 Å². The Morgan fingerprint density at radius 3 is 2.24 bits per heavy atom. The van der Waals surface area contributed by atoms with Crippen LogP contribution in [0.5, 0.6) is 0 Å². The number of aromatic nitrogens is 1. The number of carbonyl (C=O) groups is 3. The summed E-state index contributed by atoms with van der Waals surface area (Å²) in [7, 11) is 3.09. The Bertz CT molecular complexity index is 728. The Balaban J connectivity index is 0.000000516. The summed E-state index contributed by atoms with van der Waals surface area (Å²) in [4.78, 5) is 35.9. The highest BCUT2D eigenvalue weighted by atomic mass is 33.1. The van der Waals surface area contributed by atoms with E-state index in [2.05, 4.69) is 10.3 Å². The molecule has 0 radical (unpaired) electrons. The van der Waals surface area contributed by atoms with Gasteiger partial charge in [0, 0.05) is 29.7 Å². The molecule has 0 spiro atoms. The lowest BCUT2D eigenvalue weighted by atomic mass is 10.1. The molecule has 1 amide bonds. The van der Waals surface area contributed by atoms with E-state index in [4.69, 9.17) is 15.0 Å². The van der Waals surface area contributed by atoms with Crippen molar-refractivity contribution in [2.24, 2.45) is 0 Å². The Hall–Kier alpha value is -1.95. The molecule has 3 N–H and O–H groups in total. The number of pyridine rings is 1. The third kappa shape index (κ3) is 10.4. The molecule has 1 aromatic rings. The third-order valence-electron chi connectivity index (χ3n) is 3.54. The molecule has 1 saturated carbocycles. The lowest BCUT2D eigenvalue weighted by molar-refractivity contribution is -0.192. The molecule has 1 aliphatic carbocycles. The van der Waals surface area contributed by atoms with Gasteiger partial charge in [-0.05, 0) is 31.9 Å². The molecule has 0 aliphatic heterocycles. The predicted octanol–water partition coefficient (Wildman–Crippen LogP) is 3.49. The molecule has 0 unspecified atom stereocenters. The quantitative estimate of drug-likeness (QED) is 0.384. The number of hydrogen-bond acceptors (Lipinski definition) is 6. The second kappa shape index (κ2) is 11.9. The molecule has 0 atom stereocenters. The van der Waals surface area contributed by atoms with Crippen LogP contribution in [0.4, 0.5) is 13.2 Å². The van der Waals surface area contributed by atoms with Crippen LogP contribution in [-0.4, -0.2) is 57.3 Å². The maximum Gasteiger partial charge on any atom is 0.490 e. The van der Waals surface area contributed by atoms with Gasteiger partial charge in [0.15, 0.2) is 0 Å². The van der Waals surface area contributed by atoms with Crippen LogP contribution in [0.15, 0.2) is 12.1 Å². The fourth-order valence-corrected chi connectivity index (χ4v) is 3.86. The molecule has 1 aliphatic rings. The molecule has 29 heavy (non-hydrogen) atoms. The highest BCUT2D eigenvalue weighted by molar-refractivity contribution is 8.76. The van der Waals surface area contributed by atoms with Crippen molar-refractivity contribution < 1.29 is 37.8 Å². The van der Waals surface area contributed by atoms with Crippen molar-refractivity contribution in [1.29, 1.82) is 0 Å². The maximum absolute atomic E-state index is 12.1. The van der Waals surface area contributed by atoms with Crippen LogP contribution in [0.2, 0.25) is 0 Å². The van der Waals surface area contributed by atoms with Crippen molar-refractivity contribution in [2.75, 3.05) is 18.1 Å². The summed E-state index contributed by atoms with van der Waals surface area (Å²) in [6, 6.07) is 3.82. The average Bonchev–Trinajstić information content (AvgIpc) is 3.45. The zero-order chi connectivity index (χ0) is 22.0. The van der Waals surface area contributed by atoms with Gasteiger partial charge in [0.2, 0.25) is 0 Å². The SMILES string of the molecule is Cc1nc(C2CC2)ccc1C(=O)NCCSSCCC(=O)O.O=C(O)C(F)(F)F. The molecule has 1 heterocycles. The van der Waals surface area contributed by atoms with Gasteiger partial charge in [0.1, 0.15) is 0 Å². The van der Waals surface area contributed by atoms with Crippen molar-refractivity contribution in [2.45, 2.75) is 38.3 Å². The van der Waals surface area contributed by atoms with Gasteiger partial charge in [-0.15, -0.1) is 0 Å². The van der Waals surface area contributed by atoms with Gasteiger partial charge < -0.3 is 15.5 Å². The monoisotopic (exact) mass is 454 g/mol. The topological polar surface area (TPSA) is 117 Å². The summed E-state index contributed by atoms with van der Waals surface area (Å²) in [5, 5.41) is 18.5. The number of nitrogens with one attached hydrogen (secondary N) is 1. The van der Waals surface area contributed by atoms with Crippen LogP contribution in [0, 0.1) is 6.92 Å². The second-order valence-corrected chi connectivity index (χ2v) is 8.69. The zero-order valence-corrected chi connectivity index (χ0v) is 17.1. The van der Waals surface area contributed by atoms with E-state index in [0.29, 0.717) is 23.8 Å². The summed E-state index contributed by atoms with van der Waals surface area (Å²) in [6.07, 6.45) is -2.51. The zero-order valence-electron chi connectivity index (χ0n) is 15.5. The number of carboxylic acids is 2. The molecule has 0 saturated heterocycles. The summed E-state index contributed by atoms with van der Waals surface area (Å²) in [5.74, 6) is -1.70. The number of amides is 1. The van der Waals surface area contributed by atoms with E-state index >= 15 is 0 Å². The molecule has 12 heteroatoms. The number of hydrogen-bond donors (Lipinski definition) is 3. The van der Waals surface area contributed by atoms with Gasteiger partial charge in [0.25, 0.3) is 5.91 Å². The van der Waals surface area contributed by atoms with Crippen molar-refractivity contribution in [3.8, 4) is 0 Å². The molecule has 2 rings (SSSR count). The number of nitrogens with zero attached hydrogens (tertiary/aromatic N) is 1. The Morgan fingerprint density at radius 2 is 1.76 bits per heavy atom.